The van der Waals surface area contributed by atoms with Gasteiger partial charge in [0.1, 0.15) is 5.60 Å². The average Bonchev–Trinajstić information content (AvgIpc) is 3.09. The van der Waals surface area contributed by atoms with Gasteiger partial charge in [0.25, 0.3) is 0 Å². The molecule has 0 heterocycles. The van der Waals surface area contributed by atoms with Crippen LogP contribution in [0.25, 0.3) is 0 Å². The predicted molar refractivity (Wildman–Crippen MR) is 117 cm³/mol. The van der Waals surface area contributed by atoms with Crippen molar-refractivity contribution in [3.05, 3.63) is 58.2 Å². The van der Waals surface area contributed by atoms with Gasteiger partial charge in [-0.1, -0.05) is 24.6 Å². The van der Waals surface area contributed by atoms with E-state index in [1.807, 2.05) is 6.07 Å². The predicted octanol–water partition coefficient (Wildman–Crippen LogP) is 6.39. The third-order valence-corrected chi connectivity index (χ3v) is 9.20. The molecule has 0 aliphatic heterocycles. The summed E-state index contributed by atoms with van der Waals surface area (Å²) in [6.07, 6.45) is -2.86. The second-order valence-corrected chi connectivity index (χ2v) is 10.7. The van der Waals surface area contributed by atoms with Crippen LogP contribution < -0.4 is 0 Å². The summed E-state index contributed by atoms with van der Waals surface area (Å²) in [6, 6.07) is 8.70. The maximum absolute atomic E-state index is 14.9. The van der Waals surface area contributed by atoms with Crippen LogP contribution in [0.15, 0.2) is 47.1 Å². The largest absolute Gasteiger partial charge is 0.456 e. The van der Waals surface area contributed by atoms with Gasteiger partial charge >= 0.3 is 12.1 Å². The molecular weight excluding hydrogens is 465 g/mol. The quantitative estimate of drug-likeness (QED) is 0.488. The second kappa shape index (κ2) is 7.73. The number of nitrogens with zero attached hydrogens (tertiary/aromatic N) is 1. The van der Waals surface area contributed by atoms with Crippen LogP contribution in [0.2, 0.25) is 0 Å². The third-order valence-electron chi connectivity index (χ3n) is 9.20. The topological polar surface area (TPSA) is 61.1 Å². The Labute approximate surface area is 200 Å². The molecule has 4 aliphatic rings. The molecule has 0 radical (unpaired) electrons. The normalized spacial score (nSPS) is 35.1. The van der Waals surface area contributed by atoms with Crippen molar-refractivity contribution in [1.82, 2.24) is 0 Å². The summed E-state index contributed by atoms with van der Waals surface area (Å²) in [4.78, 5) is 12.1. The minimum atomic E-state index is -5.87. The van der Waals surface area contributed by atoms with Gasteiger partial charge in [0.05, 0.1) is 11.6 Å². The van der Waals surface area contributed by atoms with Crippen LogP contribution >= 0.6 is 0 Å². The van der Waals surface area contributed by atoms with Crippen molar-refractivity contribution in [3.63, 3.8) is 0 Å². The number of nitriles is 1. The molecule has 2 fully saturated rings. The highest BCUT2D eigenvalue weighted by Gasteiger charge is 2.79. The Morgan fingerprint density at radius 1 is 1.06 bits per heavy atom. The Morgan fingerprint density at radius 3 is 2.37 bits per heavy atom. The van der Waals surface area contributed by atoms with Crippen LogP contribution in [-0.2, 0) is 4.79 Å². The van der Waals surface area contributed by atoms with Gasteiger partial charge in [-0.15, -0.1) is 0 Å². The van der Waals surface area contributed by atoms with Gasteiger partial charge in [-0.25, -0.2) is 0 Å². The molecule has 0 spiro atoms. The van der Waals surface area contributed by atoms with Gasteiger partial charge in [-0.05, 0) is 85.3 Å². The number of halogens is 5. The lowest BCUT2D eigenvalue weighted by Gasteiger charge is -2.56. The molecule has 0 amide bonds. The monoisotopic (exact) mass is 491 g/mol. The molecule has 8 heteroatoms. The van der Waals surface area contributed by atoms with Crippen molar-refractivity contribution in [3.8, 4) is 6.07 Å². The fourth-order valence-corrected chi connectivity index (χ4v) is 7.50. The fourth-order valence-electron chi connectivity index (χ4n) is 7.50. The van der Waals surface area contributed by atoms with Gasteiger partial charge < -0.3 is 5.11 Å². The van der Waals surface area contributed by atoms with Crippen LogP contribution in [0.3, 0.4) is 0 Å². The van der Waals surface area contributed by atoms with E-state index in [1.165, 1.54) is 6.92 Å². The number of ketones is 1. The Balaban J connectivity index is 1.69. The molecule has 5 atom stereocenters. The molecular formula is C27H26F5NO2. The molecule has 35 heavy (non-hydrogen) atoms. The summed E-state index contributed by atoms with van der Waals surface area (Å²) in [5, 5.41) is 20.4. The van der Waals surface area contributed by atoms with E-state index < -0.39 is 41.4 Å². The first-order valence-electron chi connectivity index (χ1n) is 12.0. The van der Waals surface area contributed by atoms with Gasteiger partial charge in [-0.3, -0.25) is 4.79 Å². The number of allylic oxidation sites excluding steroid dienone is 4. The number of rotatable bonds is 2. The van der Waals surface area contributed by atoms with E-state index in [9.17, 15) is 37.1 Å². The number of alkyl halides is 5. The second-order valence-electron chi connectivity index (χ2n) is 10.7. The van der Waals surface area contributed by atoms with Crippen molar-refractivity contribution in [2.45, 2.75) is 75.5 Å². The van der Waals surface area contributed by atoms with E-state index in [0.717, 1.165) is 22.3 Å². The first kappa shape index (κ1) is 24.2. The number of carbonyl (C=O) groups is 1. The number of carbonyl (C=O) groups excluding carboxylic acids is 1. The van der Waals surface area contributed by atoms with Crippen molar-refractivity contribution in [2.75, 3.05) is 0 Å². The van der Waals surface area contributed by atoms with Gasteiger partial charge in [0, 0.05) is 17.8 Å². The zero-order valence-corrected chi connectivity index (χ0v) is 19.3. The summed E-state index contributed by atoms with van der Waals surface area (Å²) >= 11 is 0. The molecule has 186 valence electrons. The zero-order chi connectivity index (χ0) is 25.4. The van der Waals surface area contributed by atoms with Crippen molar-refractivity contribution in [2.24, 2.45) is 17.3 Å². The molecule has 2 saturated carbocycles. The zero-order valence-electron chi connectivity index (χ0n) is 19.3. The minimum absolute atomic E-state index is 0.0402. The van der Waals surface area contributed by atoms with E-state index in [2.05, 4.69) is 0 Å². The lowest BCUT2D eigenvalue weighted by Crippen LogP contribution is -2.65. The van der Waals surface area contributed by atoms with E-state index in [0.29, 0.717) is 31.2 Å². The highest BCUT2D eigenvalue weighted by atomic mass is 19.4. The van der Waals surface area contributed by atoms with E-state index in [4.69, 9.17) is 0 Å². The first-order valence-corrected chi connectivity index (χ1v) is 12.0. The number of fused-ring (bicyclic) bond motifs is 4. The molecule has 0 aromatic heterocycles. The first-order chi connectivity index (χ1) is 16.3. The SMILES string of the molecule is C[C@]12C[C@H](c3ccc(C#N)cc3)C3=C4CCC(=O)C=C4CC[C@H]3[C@@H]1CC[C@@]2(O)C(F)(F)C(F)(F)F. The summed E-state index contributed by atoms with van der Waals surface area (Å²) in [6.45, 7) is 1.40. The Morgan fingerprint density at radius 2 is 1.74 bits per heavy atom. The number of hydrogen-bond donors (Lipinski definition) is 1. The summed E-state index contributed by atoms with van der Waals surface area (Å²) in [5.41, 5.74) is -0.788. The van der Waals surface area contributed by atoms with E-state index in [-0.39, 0.29) is 24.5 Å². The van der Waals surface area contributed by atoms with Crippen molar-refractivity contribution >= 4 is 5.78 Å². The van der Waals surface area contributed by atoms with Crippen LogP contribution in [0.5, 0.6) is 0 Å². The fraction of sp³-hybridized carbons (Fsp3) is 0.556. The Kier molecular flexibility index (Phi) is 5.34. The molecule has 0 saturated heterocycles. The standard InChI is InChI=1S/C27H26F5NO2/c1-24-13-21(16-4-2-15(14-33)3-5-16)23-19-9-7-18(34)12-17(19)6-8-20(23)22(24)10-11-25(24,35)26(28,29)27(30,31)32/h2-5,12,20-22,35H,6-11,13H2,1H3/t20-,21+,22-,24-,25-/m0/s1. The molecule has 1 aromatic carbocycles. The van der Waals surface area contributed by atoms with Crippen LogP contribution in [0.1, 0.15) is 68.9 Å². The summed E-state index contributed by atoms with van der Waals surface area (Å²) < 4.78 is 70.6. The number of hydrogen-bond acceptors (Lipinski definition) is 3. The van der Waals surface area contributed by atoms with Crippen molar-refractivity contribution < 1.29 is 31.9 Å². The molecule has 4 aliphatic carbocycles. The lowest BCUT2D eigenvalue weighted by atomic mass is 9.50. The highest BCUT2D eigenvalue weighted by molar-refractivity contribution is 5.93. The van der Waals surface area contributed by atoms with Gasteiger partial charge in [0.15, 0.2) is 5.78 Å². The average molecular weight is 492 g/mol. The summed E-state index contributed by atoms with van der Waals surface area (Å²) in [7, 11) is 0. The minimum Gasteiger partial charge on any atom is -0.383 e. The molecule has 3 nitrogen and oxygen atoms in total. The highest BCUT2D eigenvalue weighted by Crippen LogP contribution is 2.70. The van der Waals surface area contributed by atoms with E-state index >= 15 is 0 Å². The van der Waals surface area contributed by atoms with Crippen LogP contribution in [0.4, 0.5) is 22.0 Å². The van der Waals surface area contributed by atoms with Crippen LogP contribution in [-0.4, -0.2) is 28.6 Å². The smallest absolute Gasteiger partial charge is 0.383 e. The van der Waals surface area contributed by atoms with Gasteiger partial charge in [-0.2, -0.15) is 27.2 Å². The molecule has 5 rings (SSSR count). The van der Waals surface area contributed by atoms with E-state index in [1.54, 1.807) is 30.3 Å². The maximum atomic E-state index is 14.9. The third kappa shape index (κ3) is 3.27. The molecule has 1 N–H and O–H groups in total. The van der Waals surface area contributed by atoms with Crippen molar-refractivity contribution in [1.29, 1.82) is 5.26 Å². The molecule has 0 unspecified atom stereocenters. The lowest BCUT2D eigenvalue weighted by molar-refractivity contribution is -0.362. The maximum Gasteiger partial charge on any atom is 0.456 e. The molecule has 1 aromatic rings. The van der Waals surface area contributed by atoms with Crippen LogP contribution in [0, 0.1) is 28.6 Å². The Hall–Kier alpha value is -2.53. The summed E-state index contributed by atoms with van der Waals surface area (Å²) in [5.74, 6) is -6.49. The number of benzene rings is 1. The number of aliphatic hydroxyl groups is 1. The molecule has 0 bridgehead atoms. The Bertz CT molecular complexity index is 1180. The van der Waals surface area contributed by atoms with Gasteiger partial charge in [0.2, 0.25) is 0 Å².